The van der Waals surface area contributed by atoms with Crippen LogP contribution < -0.4 is 10.6 Å². The highest BCUT2D eigenvalue weighted by Gasteiger charge is 2.29. The predicted octanol–water partition coefficient (Wildman–Crippen LogP) is 2.23. The van der Waals surface area contributed by atoms with E-state index in [0.717, 1.165) is 0 Å². The van der Waals surface area contributed by atoms with Gasteiger partial charge in [0.1, 0.15) is 6.04 Å². The fourth-order valence-corrected chi connectivity index (χ4v) is 2.24. The van der Waals surface area contributed by atoms with Crippen LogP contribution in [0.4, 0.5) is 18.9 Å². The molecule has 0 radical (unpaired) electrons. The van der Waals surface area contributed by atoms with Gasteiger partial charge in [0.05, 0.1) is 13.2 Å². The minimum absolute atomic E-state index is 0.0784. The highest BCUT2D eigenvalue weighted by Crippen LogP contribution is 2.36. The first-order valence-corrected chi connectivity index (χ1v) is 6.73. The van der Waals surface area contributed by atoms with Gasteiger partial charge in [-0.1, -0.05) is 0 Å². The summed E-state index contributed by atoms with van der Waals surface area (Å²) in [6, 6.07) is 5.08. The maximum absolute atomic E-state index is 12.2. The summed E-state index contributed by atoms with van der Waals surface area (Å²) in [4.78, 5) is 11.9. The van der Waals surface area contributed by atoms with Crippen molar-refractivity contribution in [3.05, 3.63) is 24.3 Å². The van der Waals surface area contributed by atoms with Crippen molar-refractivity contribution in [1.29, 1.82) is 0 Å². The second kappa shape index (κ2) is 6.47. The normalized spacial score (nSPS) is 19.6. The third-order valence-electron chi connectivity index (χ3n) is 2.59. The van der Waals surface area contributed by atoms with E-state index in [1.165, 1.54) is 24.3 Å². The fraction of sp³-hybridized carbons (Fsp3) is 0.417. The van der Waals surface area contributed by atoms with Gasteiger partial charge in [-0.05, 0) is 36.0 Å². The highest BCUT2D eigenvalue weighted by molar-refractivity contribution is 8.00. The van der Waals surface area contributed by atoms with E-state index in [2.05, 4.69) is 10.6 Å². The van der Waals surface area contributed by atoms with Crippen molar-refractivity contribution in [3.8, 4) is 0 Å². The SMILES string of the molecule is O=C(Nc1ccc(SC(F)(F)F)cc1)C1COCCN1. The first kappa shape index (κ1) is 15.1. The van der Waals surface area contributed by atoms with Gasteiger partial charge in [0.25, 0.3) is 0 Å². The number of hydrogen-bond donors (Lipinski definition) is 2. The van der Waals surface area contributed by atoms with Crippen molar-refractivity contribution >= 4 is 23.4 Å². The second-order valence-corrected chi connectivity index (χ2v) is 5.28. The van der Waals surface area contributed by atoms with Crippen LogP contribution in [0.5, 0.6) is 0 Å². The molecule has 0 spiro atoms. The first-order valence-electron chi connectivity index (χ1n) is 5.92. The van der Waals surface area contributed by atoms with Crippen LogP contribution in [-0.4, -0.2) is 37.2 Å². The Morgan fingerprint density at radius 2 is 2.05 bits per heavy atom. The molecule has 1 heterocycles. The van der Waals surface area contributed by atoms with Gasteiger partial charge in [0.2, 0.25) is 5.91 Å². The van der Waals surface area contributed by atoms with E-state index in [9.17, 15) is 18.0 Å². The minimum Gasteiger partial charge on any atom is -0.378 e. The molecule has 1 aromatic carbocycles. The lowest BCUT2D eigenvalue weighted by Gasteiger charge is -2.22. The molecule has 20 heavy (non-hydrogen) atoms. The van der Waals surface area contributed by atoms with Crippen molar-refractivity contribution in [2.45, 2.75) is 16.4 Å². The van der Waals surface area contributed by atoms with Crippen LogP contribution in [0.2, 0.25) is 0 Å². The van der Waals surface area contributed by atoms with Crippen molar-refractivity contribution in [3.63, 3.8) is 0 Å². The van der Waals surface area contributed by atoms with Crippen LogP contribution >= 0.6 is 11.8 Å². The van der Waals surface area contributed by atoms with Gasteiger partial charge in [0, 0.05) is 17.1 Å². The van der Waals surface area contributed by atoms with Gasteiger partial charge in [-0.3, -0.25) is 4.79 Å². The van der Waals surface area contributed by atoms with E-state index in [1.807, 2.05) is 0 Å². The fourth-order valence-electron chi connectivity index (χ4n) is 1.70. The molecule has 4 nitrogen and oxygen atoms in total. The maximum atomic E-state index is 12.2. The number of carbonyl (C=O) groups is 1. The molecule has 110 valence electrons. The molecule has 1 amide bonds. The maximum Gasteiger partial charge on any atom is 0.446 e. The van der Waals surface area contributed by atoms with Crippen LogP contribution in [-0.2, 0) is 9.53 Å². The van der Waals surface area contributed by atoms with E-state index in [0.29, 0.717) is 18.8 Å². The number of carbonyl (C=O) groups excluding carboxylic acids is 1. The molecule has 1 saturated heterocycles. The molecule has 1 aromatic rings. The average molecular weight is 306 g/mol. The number of nitrogens with one attached hydrogen (secondary N) is 2. The molecular weight excluding hydrogens is 293 g/mol. The van der Waals surface area contributed by atoms with Crippen LogP contribution in [0.1, 0.15) is 0 Å². The minimum atomic E-state index is -4.31. The first-order chi connectivity index (χ1) is 9.44. The number of benzene rings is 1. The Labute approximate surface area is 118 Å². The Morgan fingerprint density at radius 3 is 2.60 bits per heavy atom. The zero-order valence-electron chi connectivity index (χ0n) is 10.4. The standard InChI is InChI=1S/C12H13F3N2O2S/c13-12(14,15)20-9-3-1-8(2-4-9)17-11(18)10-7-19-6-5-16-10/h1-4,10,16H,5-7H2,(H,17,18). The van der Waals surface area contributed by atoms with Crippen LogP contribution in [0.3, 0.4) is 0 Å². The average Bonchev–Trinajstić information content (AvgIpc) is 2.40. The van der Waals surface area contributed by atoms with Gasteiger partial charge in [0.15, 0.2) is 0 Å². The van der Waals surface area contributed by atoms with Gasteiger partial charge in [-0.2, -0.15) is 13.2 Å². The summed E-state index contributed by atoms with van der Waals surface area (Å²) >= 11 is -0.189. The third-order valence-corrected chi connectivity index (χ3v) is 3.33. The monoisotopic (exact) mass is 306 g/mol. The van der Waals surface area contributed by atoms with E-state index in [1.54, 1.807) is 0 Å². The molecule has 1 aliphatic heterocycles. The van der Waals surface area contributed by atoms with Crippen molar-refractivity contribution in [1.82, 2.24) is 5.32 Å². The molecule has 0 bridgehead atoms. The highest BCUT2D eigenvalue weighted by atomic mass is 32.2. The summed E-state index contributed by atoms with van der Waals surface area (Å²) in [5, 5.41) is 5.62. The van der Waals surface area contributed by atoms with Crippen molar-refractivity contribution in [2.24, 2.45) is 0 Å². The predicted molar refractivity (Wildman–Crippen MR) is 69.6 cm³/mol. The third kappa shape index (κ3) is 4.69. The Kier molecular flexibility index (Phi) is 4.90. The number of halogens is 3. The van der Waals surface area contributed by atoms with Crippen LogP contribution in [0, 0.1) is 0 Å². The summed E-state index contributed by atoms with van der Waals surface area (Å²) in [5.74, 6) is -0.263. The molecule has 0 saturated carbocycles. The summed E-state index contributed by atoms with van der Waals surface area (Å²) < 4.78 is 41.7. The molecule has 2 N–H and O–H groups in total. The van der Waals surface area contributed by atoms with Gasteiger partial charge >= 0.3 is 5.51 Å². The second-order valence-electron chi connectivity index (χ2n) is 4.14. The number of hydrogen-bond acceptors (Lipinski definition) is 4. The summed E-state index contributed by atoms with van der Waals surface area (Å²) in [5.41, 5.74) is -3.86. The molecule has 1 aliphatic rings. The molecule has 2 rings (SSSR count). The van der Waals surface area contributed by atoms with Crippen molar-refractivity contribution in [2.75, 3.05) is 25.1 Å². The molecule has 8 heteroatoms. The van der Waals surface area contributed by atoms with Gasteiger partial charge < -0.3 is 15.4 Å². The molecular formula is C12H13F3N2O2S. The van der Waals surface area contributed by atoms with Crippen LogP contribution in [0.15, 0.2) is 29.2 Å². The topological polar surface area (TPSA) is 50.4 Å². The zero-order valence-corrected chi connectivity index (χ0v) is 11.2. The molecule has 1 unspecified atom stereocenters. The van der Waals surface area contributed by atoms with Gasteiger partial charge in [-0.15, -0.1) is 0 Å². The van der Waals surface area contributed by atoms with Gasteiger partial charge in [-0.25, -0.2) is 0 Å². The lowest BCUT2D eigenvalue weighted by Crippen LogP contribution is -2.48. The number of alkyl halides is 3. The van der Waals surface area contributed by atoms with E-state index in [-0.39, 0.29) is 29.2 Å². The lowest BCUT2D eigenvalue weighted by atomic mass is 10.2. The largest absolute Gasteiger partial charge is 0.446 e. The summed E-state index contributed by atoms with van der Waals surface area (Å²) in [6.45, 7) is 1.44. The van der Waals surface area contributed by atoms with E-state index >= 15 is 0 Å². The number of morpholine rings is 1. The quantitative estimate of drug-likeness (QED) is 0.841. The van der Waals surface area contributed by atoms with E-state index in [4.69, 9.17) is 4.74 Å². The Bertz CT molecular complexity index is 459. The number of anilines is 1. The smallest absolute Gasteiger partial charge is 0.378 e. The summed E-state index contributed by atoms with van der Waals surface area (Å²) in [7, 11) is 0. The number of thioether (sulfide) groups is 1. The molecule has 0 aliphatic carbocycles. The van der Waals surface area contributed by atoms with Crippen molar-refractivity contribution < 1.29 is 22.7 Å². The Balaban J connectivity index is 1.91. The zero-order chi connectivity index (χ0) is 14.6. The lowest BCUT2D eigenvalue weighted by molar-refractivity contribution is -0.120. The molecule has 1 fully saturated rings. The number of amides is 1. The Morgan fingerprint density at radius 1 is 1.35 bits per heavy atom. The molecule has 1 atom stereocenters. The number of rotatable bonds is 3. The summed E-state index contributed by atoms with van der Waals surface area (Å²) in [6.07, 6.45) is 0. The molecule has 0 aromatic heterocycles. The van der Waals surface area contributed by atoms with Crippen LogP contribution in [0.25, 0.3) is 0 Å². The Hall–Kier alpha value is -1.25. The number of ether oxygens (including phenoxy) is 1. The van der Waals surface area contributed by atoms with E-state index < -0.39 is 11.6 Å².